The molecule has 2 heterocycles. The highest BCUT2D eigenvalue weighted by Crippen LogP contribution is 2.25. The molecule has 0 bridgehead atoms. The zero-order valence-corrected chi connectivity index (χ0v) is 19.1. The van der Waals surface area contributed by atoms with Crippen molar-refractivity contribution in [2.75, 3.05) is 62.7 Å². The van der Waals surface area contributed by atoms with Crippen LogP contribution >= 0.6 is 0 Å². The van der Waals surface area contributed by atoms with E-state index in [1.165, 1.54) is 18.5 Å². The summed E-state index contributed by atoms with van der Waals surface area (Å²) < 4.78 is 5.29. The number of nitrogens with zero attached hydrogens (tertiary/aromatic N) is 2. The average molecular weight is 431 g/mol. The van der Waals surface area contributed by atoms with Crippen molar-refractivity contribution in [2.24, 2.45) is 5.92 Å². The fraction of sp³-hybridized carbons (Fsp3) is 0.667. The van der Waals surface area contributed by atoms with Crippen LogP contribution in [0.25, 0.3) is 0 Å². The minimum Gasteiger partial charge on any atom is -0.382 e. The van der Waals surface area contributed by atoms with Crippen LogP contribution in [0.3, 0.4) is 0 Å². The molecule has 2 N–H and O–H groups in total. The van der Waals surface area contributed by atoms with Gasteiger partial charge in [0.25, 0.3) is 0 Å². The second-order valence-corrected chi connectivity index (χ2v) is 8.63. The van der Waals surface area contributed by atoms with Crippen molar-refractivity contribution in [1.82, 2.24) is 10.2 Å². The third-order valence-electron chi connectivity index (χ3n) is 6.25. The number of piperidine rings is 1. The molecule has 0 atom stereocenters. The van der Waals surface area contributed by atoms with Gasteiger partial charge in [-0.1, -0.05) is 0 Å². The molecule has 0 aromatic heterocycles. The van der Waals surface area contributed by atoms with Crippen molar-refractivity contribution in [3.63, 3.8) is 0 Å². The molecule has 0 unspecified atom stereocenters. The van der Waals surface area contributed by atoms with E-state index in [9.17, 15) is 9.59 Å². The molecule has 31 heavy (non-hydrogen) atoms. The SMILES string of the molecule is CCOCCCNC(=O)C1CCN(CC(=O)Nc2ccc(N3CCCC3)cc2C)CC1. The molecule has 2 amide bonds. The summed E-state index contributed by atoms with van der Waals surface area (Å²) in [5.74, 6) is 0.192. The molecule has 1 aromatic carbocycles. The van der Waals surface area contributed by atoms with E-state index in [0.717, 1.165) is 56.7 Å². The van der Waals surface area contributed by atoms with Crippen LogP contribution in [0.4, 0.5) is 11.4 Å². The van der Waals surface area contributed by atoms with Gasteiger partial charge in [-0.2, -0.15) is 0 Å². The van der Waals surface area contributed by atoms with Crippen molar-refractivity contribution < 1.29 is 14.3 Å². The van der Waals surface area contributed by atoms with Crippen molar-refractivity contribution in [3.05, 3.63) is 23.8 Å². The Morgan fingerprint density at radius 2 is 1.87 bits per heavy atom. The molecule has 2 fully saturated rings. The molecule has 0 aliphatic carbocycles. The van der Waals surface area contributed by atoms with Crippen LogP contribution in [-0.4, -0.2) is 69.2 Å². The van der Waals surface area contributed by atoms with Gasteiger partial charge in [0.15, 0.2) is 0 Å². The fourth-order valence-electron chi connectivity index (χ4n) is 4.38. The number of ether oxygens (including phenoxy) is 1. The van der Waals surface area contributed by atoms with E-state index in [1.807, 2.05) is 19.9 Å². The van der Waals surface area contributed by atoms with E-state index >= 15 is 0 Å². The van der Waals surface area contributed by atoms with Crippen molar-refractivity contribution in [2.45, 2.75) is 46.0 Å². The number of aryl methyl sites for hydroxylation is 1. The lowest BCUT2D eigenvalue weighted by atomic mass is 9.96. The van der Waals surface area contributed by atoms with E-state index in [-0.39, 0.29) is 17.7 Å². The second-order valence-electron chi connectivity index (χ2n) is 8.63. The predicted octanol–water partition coefficient (Wildman–Crippen LogP) is 2.79. The summed E-state index contributed by atoms with van der Waals surface area (Å²) >= 11 is 0. The monoisotopic (exact) mass is 430 g/mol. The van der Waals surface area contributed by atoms with Crippen LogP contribution in [0.1, 0.15) is 44.6 Å². The molecule has 2 saturated heterocycles. The minimum atomic E-state index is 0.0100. The zero-order chi connectivity index (χ0) is 22.1. The van der Waals surface area contributed by atoms with Crippen LogP contribution in [0.2, 0.25) is 0 Å². The average Bonchev–Trinajstić information content (AvgIpc) is 3.30. The maximum Gasteiger partial charge on any atom is 0.238 e. The molecule has 0 radical (unpaired) electrons. The Hall–Kier alpha value is -2.12. The molecule has 0 saturated carbocycles. The Bertz CT molecular complexity index is 726. The molecule has 2 aliphatic heterocycles. The summed E-state index contributed by atoms with van der Waals surface area (Å²) in [5, 5.41) is 6.07. The molecule has 0 spiro atoms. The summed E-state index contributed by atoms with van der Waals surface area (Å²) in [7, 11) is 0. The normalized spacial score (nSPS) is 17.7. The van der Waals surface area contributed by atoms with Crippen LogP contribution in [0.15, 0.2) is 18.2 Å². The molecule has 172 valence electrons. The van der Waals surface area contributed by atoms with E-state index in [2.05, 4.69) is 32.6 Å². The minimum absolute atomic E-state index is 0.0100. The number of carbonyl (C=O) groups is 2. The first-order chi connectivity index (χ1) is 15.1. The zero-order valence-electron chi connectivity index (χ0n) is 19.1. The number of anilines is 2. The first-order valence-corrected chi connectivity index (χ1v) is 11.8. The van der Waals surface area contributed by atoms with Gasteiger partial charge in [0.1, 0.15) is 0 Å². The Kier molecular flexibility index (Phi) is 9.15. The molecular formula is C24H38N4O3. The highest BCUT2D eigenvalue weighted by Gasteiger charge is 2.25. The van der Waals surface area contributed by atoms with Crippen molar-refractivity contribution in [3.8, 4) is 0 Å². The largest absolute Gasteiger partial charge is 0.382 e. The topological polar surface area (TPSA) is 73.9 Å². The standard InChI is InChI=1S/C24H38N4O3/c1-3-31-16-6-11-25-24(30)20-9-14-27(15-10-20)18-23(29)26-22-8-7-21(17-19(22)2)28-12-4-5-13-28/h7-8,17,20H,3-6,9-16,18H2,1-2H3,(H,25,30)(H,26,29). The quantitative estimate of drug-likeness (QED) is 0.559. The molecule has 7 nitrogen and oxygen atoms in total. The van der Waals surface area contributed by atoms with Crippen LogP contribution in [-0.2, 0) is 14.3 Å². The van der Waals surface area contributed by atoms with Gasteiger partial charge < -0.3 is 20.3 Å². The highest BCUT2D eigenvalue weighted by molar-refractivity contribution is 5.93. The molecule has 7 heteroatoms. The van der Waals surface area contributed by atoms with Gasteiger partial charge in [-0.15, -0.1) is 0 Å². The van der Waals surface area contributed by atoms with Gasteiger partial charge in [0.05, 0.1) is 6.54 Å². The summed E-state index contributed by atoms with van der Waals surface area (Å²) in [6, 6.07) is 6.29. The second kappa shape index (κ2) is 12.1. The molecule has 1 aromatic rings. The maximum atomic E-state index is 12.6. The number of hydrogen-bond acceptors (Lipinski definition) is 5. The van der Waals surface area contributed by atoms with Gasteiger partial charge in [0, 0.05) is 50.1 Å². The number of hydrogen-bond donors (Lipinski definition) is 2. The van der Waals surface area contributed by atoms with E-state index in [1.54, 1.807) is 0 Å². The Balaban J connectivity index is 1.37. The van der Waals surface area contributed by atoms with Gasteiger partial charge in [-0.25, -0.2) is 0 Å². The van der Waals surface area contributed by atoms with Gasteiger partial charge >= 0.3 is 0 Å². The molecule has 2 aliphatic rings. The first kappa shape index (κ1) is 23.5. The Labute approximate surface area is 186 Å². The van der Waals surface area contributed by atoms with Gasteiger partial charge in [-0.3, -0.25) is 14.5 Å². The number of rotatable bonds is 10. The summed E-state index contributed by atoms with van der Waals surface area (Å²) in [4.78, 5) is 29.4. The number of likely N-dealkylation sites (tertiary alicyclic amines) is 1. The fourth-order valence-corrected chi connectivity index (χ4v) is 4.38. The molecular weight excluding hydrogens is 392 g/mol. The number of carbonyl (C=O) groups excluding carboxylic acids is 2. The van der Waals surface area contributed by atoms with Crippen LogP contribution in [0.5, 0.6) is 0 Å². The third kappa shape index (κ3) is 7.21. The summed E-state index contributed by atoms with van der Waals surface area (Å²) in [6.45, 7) is 10.2. The van der Waals surface area contributed by atoms with Crippen LogP contribution in [0, 0.1) is 12.8 Å². The summed E-state index contributed by atoms with van der Waals surface area (Å²) in [6.07, 6.45) is 4.95. The number of amides is 2. The van der Waals surface area contributed by atoms with Gasteiger partial charge in [0.2, 0.25) is 11.8 Å². The van der Waals surface area contributed by atoms with E-state index in [0.29, 0.717) is 26.3 Å². The van der Waals surface area contributed by atoms with E-state index < -0.39 is 0 Å². The maximum absolute atomic E-state index is 12.6. The Morgan fingerprint density at radius 3 is 2.55 bits per heavy atom. The summed E-state index contributed by atoms with van der Waals surface area (Å²) in [5.41, 5.74) is 3.22. The van der Waals surface area contributed by atoms with Gasteiger partial charge in [-0.05, 0) is 82.8 Å². The van der Waals surface area contributed by atoms with Crippen molar-refractivity contribution in [1.29, 1.82) is 0 Å². The third-order valence-corrected chi connectivity index (χ3v) is 6.25. The predicted molar refractivity (Wildman–Crippen MR) is 125 cm³/mol. The van der Waals surface area contributed by atoms with Crippen molar-refractivity contribution >= 4 is 23.2 Å². The smallest absolute Gasteiger partial charge is 0.238 e. The lowest BCUT2D eigenvalue weighted by Gasteiger charge is -2.30. The van der Waals surface area contributed by atoms with E-state index in [4.69, 9.17) is 4.74 Å². The molecule has 3 rings (SSSR count). The Morgan fingerprint density at radius 1 is 1.13 bits per heavy atom. The van der Waals surface area contributed by atoms with Crippen LogP contribution < -0.4 is 15.5 Å². The number of nitrogens with one attached hydrogen (secondary N) is 2. The lowest BCUT2D eigenvalue weighted by molar-refractivity contribution is -0.126. The first-order valence-electron chi connectivity index (χ1n) is 11.8. The number of benzene rings is 1. The highest BCUT2D eigenvalue weighted by atomic mass is 16.5. The lowest BCUT2D eigenvalue weighted by Crippen LogP contribution is -2.43.